The third kappa shape index (κ3) is 3.44. The lowest BCUT2D eigenvalue weighted by Gasteiger charge is -2.18. The van der Waals surface area contributed by atoms with Crippen LogP contribution in [0.15, 0.2) is 42.5 Å². The minimum absolute atomic E-state index is 0.181. The molecule has 3 rings (SSSR count). The third-order valence-electron chi connectivity index (χ3n) is 4.23. The van der Waals surface area contributed by atoms with Crippen molar-refractivity contribution in [1.82, 2.24) is 14.8 Å². The molecule has 2 aromatic carbocycles. The Hall–Kier alpha value is -3.33. The van der Waals surface area contributed by atoms with Gasteiger partial charge < -0.3 is 19.3 Å². The number of aliphatic carboxylic acids is 1. The number of aromatic amines is 1. The zero-order valence-corrected chi connectivity index (χ0v) is 16.3. The average molecular weight is 401 g/mol. The summed E-state index contributed by atoms with van der Waals surface area (Å²) >= 11 is 5.33. The second-order valence-corrected chi connectivity index (χ2v) is 6.17. The van der Waals surface area contributed by atoms with Gasteiger partial charge in [-0.2, -0.15) is 5.10 Å². The summed E-state index contributed by atoms with van der Waals surface area (Å²) in [5.41, 5.74) is 1.13. The summed E-state index contributed by atoms with van der Waals surface area (Å²) in [5, 5.41) is 16.8. The van der Waals surface area contributed by atoms with Crippen LogP contribution in [0.1, 0.15) is 11.6 Å². The highest BCUT2D eigenvalue weighted by Gasteiger charge is 2.27. The fraction of sp³-hybridized carbons (Fsp3) is 0.211. The Bertz CT molecular complexity index is 1020. The molecule has 8 nitrogen and oxygen atoms in total. The van der Waals surface area contributed by atoms with Gasteiger partial charge >= 0.3 is 5.97 Å². The smallest absolute Gasteiger partial charge is 0.331 e. The number of ether oxygens (including phenoxy) is 3. The van der Waals surface area contributed by atoms with Crippen LogP contribution < -0.4 is 14.2 Å². The van der Waals surface area contributed by atoms with E-state index in [2.05, 4.69) is 10.2 Å². The molecule has 1 heterocycles. The molecule has 1 atom stereocenters. The summed E-state index contributed by atoms with van der Waals surface area (Å²) in [6, 6.07) is 11.1. The van der Waals surface area contributed by atoms with E-state index in [1.165, 1.54) is 25.9 Å². The van der Waals surface area contributed by atoms with E-state index in [1.807, 2.05) is 6.07 Å². The van der Waals surface area contributed by atoms with Crippen LogP contribution in [-0.4, -0.2) is 47.2 Å². The topological polar surface area (TPSA) is 98.6 Å². The van der Waals surface area contributed by atoms with Gasteiger partial charge in [-0.3, -0.25) is 9.67 Å². The maximum absolute atomic E-state index is 12.1. The predicted octanol–water partition coefficient (Wildman–Crippen LogP) is 3.31. The lowest BCUT2D eigenvalue weighted by Crippen LogP contribution is -2.21. The molecule has 0 aliphatic heterocycles. The van der Waals surface area contributed by atoms with Gasteiger partial charge in [0.2, 0.25) is 5.75 Å². The molecule has 0 fully saturated rings. The van der Waals surface area contributed by atoms with Gasteiger partial charge in [-0.15, -0.1) is 0 Å². The first-order chi connectivity index (χ1) is 13.5. The lowest BCUT2D eigenvalue weighted by atomic mass is 10.1. The fourth-order valence-electron chi connectivity index (χ4n) is 3.00. The van der Waals surface area contributed by atoms with Gasteiger partial charge in [0.1, 0.15) is 0 Å². The number of carboxylic acids is 1. The number of rotatable bonds is 7. The van der Waals surface area contributed by atoms with E-state index in [9.17, 15) is 9.90 Å². The first kappa shape index (κ1) is 19.4. The number of aromatic nitrogens is 3. The molecule has 0 aliphatic carbocycles. The summed E-state index contributed by atoms with van der Waals surface area (Å²) in [4.78, 5) is 12.1. The number of nitrogens with zero attached hydrogens (tertiary/aromatic N) is 2. The van der Waals surface area contributed by atoms with Crippen molar-refractivity contribution in [2.24, 2.45) is 0 Å². The van der Waals surface area contributed by atoms with Crippen LogP contribution >= 0.6 is 12.2 Å². The molecule has 3 aromatic rings. The summed E-state index contributed by atoms with van der Waals surface area (Å²) in [6.45, 7) is 0. The summed E-state index contributed by atoms with van der Waals surface area (Å²) < 4.78 is 17.7. The van der Waals surface area contributed by atoms with Crippen LogP contribution in [0, 0.1) is 4.77 Å². The number of carbonyl (C=O) groups is 1. The molecule has 0 saturated carbocycles. The Balaban J connectivity index is 2.24. The third-order valence-corrected chi connectivity index (χ3v) is 4.52. The number of methoxy groups -OCH3 is 3. The maximum atomic E-state index is 12.1. The molecule has 1 unspecified atom stereocenters. The van der Waals surface area contributed by atoms with E-state index >= 15 is 0 Å². The van der Waals surface area contributed by atoms with Gasteiger partial charge in [0.25, 0.3) is 0 Å². The van der Waals surface area contributed by atoms with Gasteiger partial charge in [-0.25, -0.2) is 4.79 Å². The van der Waals surface area contributed by atoms with Crippen LogP contribution in [0.2, 0.25) is 0 Å². The van der Waals surface area contributed by atoms with Crippen molar-refractivity contribution >= 4 is 18.2 Å². The molecule has 146 valence electrons. The Morgan fingerprint density at radius 1 is 1.11 bits per heavy atom. The van der Waals surface area contributed by atoms with Gasteiger partial charge in [-0.1, -0.05) is 30.3 Å². The number of hydrogen-bond donors (Lipinski definition) is 2. The van der Waals surface area contributed by atoms with Crippen molar-refractivity contribution < 1.29 is 24.1 Å². The number of nitrogens with one attached hydrogen (secondary N) is 1. The standard InChI is InChI=1S/C19H19N3O5S/c1-25-13-9-12(10-14(26-2)16(13)27-3)17-20-21-19(28)22(17)15(18(23)24)11-7-5-4-6-8-11/h4-10,15H,1-3H3,(H,21,28)(H,23,24). The van der Waals surface area contributed by atoms with Crippen molar-refractivity contribution in [3.05, 3.63) is 52.8 Å². The van der Waals surface area contributed by atoms with E-state index in [0.29, 0.717) is 34.2 Å². The molecule has 0 aliphatic rings. The Labute approximate surface area is 166 Å². The SMILES string of the molecule is COc1cc(-c2n[nH]c(=S)n2C(C(=O)O)c2ccccc2)cc(OC)c1OC. The fourth-order valence-corrected chi connectivity index (χ4v) is 3.23. The maximum Gasteiger partial charge on any atom is 0.331 e. The quantitative estimate of drug-likeness (QED) is 0.586. The number of carboxylic acid groups (broad SMARTS) is 1. The van der Waals surface area contributed by atoms with Crippen molar-refractivity contribution in [3.63, 3.8) is 0 Å². The Morgan fingerprint density at radius 2 is 1.71 bits per heavy atom. The number of hydrogen-bond acceptors (Lipinski definition) is 6. The van der Waals surface area contributed by atoms with Gasteiger partial charge in [0.15, 0.2) is 28.1 Å². The Kier molecular flexibility index (Phi) is 5.65. The molecule has 0 saturated heterocycles. The second kappa shape index (κ2) is 8.13. The van der Waals surface area contributed by atoms with Gasteiger partial charge in [0, 0.05) is 5.56 Å². The van der Waals surface area contributed by atoms with Crippen molar-refractivity contribution in [3.8, 4) is 28.6 Å². The monoisotopic (exact) mass is 401 g/mol. The van der Waals surface area contributed by atoms with Gasteiger partial charge in [0.05, 0.1) is 21.3 Å². The summed E-state index contributed by atoms with van der Waals surface area (Å²) in [5.74, 6) is 0.540. The summed E-state index contributed by atoms with van der Waals surface area (Å²) in [6.07, 6.45) is 0. The molecule has 9 heteroatoms. The summed E-state index contributed by atoms with van der Waals surface area (Å²) in [7, 11) is 4.51. The van der Waals surface area contributed by atoms with E-state index in [-0.39, 0.29) is 4.77 Å². The average Bonchev–Trinajstić information content (AvgIpc) is 3.08. The van der Waals surface area contributed by atoms with Crippen LogP contribution in [0.25, 0.3) is 11.4 Å². The highest BCUT2D eigenvalue weighted by Crippen LogP contribution is 2.41. The highest BCUT2D eigenvalue weighted by atomic mass is 32.1. The highest BCUT2D eigenvalue weighted by molar-refractivity contribution is 7.71. The molecule has 2 N–H and O–H groups in total. The minimum Gasteiger partial charge on any atom is -0.493 e. The van der Waals surface area contributed by atoms with E-state index in [0.717, 1.165) is 0 Å². The molecule has 1 aromatic heterocycles. The molecular formula is C19H19N3O5S. The van der Waals surface area contributed by atoms with Crippen LogP contribution in [-0.2, 0) is 4.79 Å². The molecular weight excluding hydrogens is 382 g/mol. The molecule has 0 spiro atoms. The molecule has 0 bridgehead atoms. The van der Waals surface area contributed by atoms with Crippen molar-refractivity contribution in [2.45, 2.75) is 6.04 Å². The lowest BCUT2D eigenvalue weighted by molar-refractivity contribution is -0.139. The largest absolute Gasteiger partial charge is 0.493 e. The van der Waals surface area contributed by atoms with Crippen LogP contribution in [0.4, 0.5) is 0 Å². The number of benzene rings is 2. The van der Waals surface area contributed by atoms with Crippen molar-refractivity contribution in [1.29, 1.82) is 0 Å². The number of H-pyrrole nitrogens is 1. The second-order valence-electron chi connectivity index (χ2n) is 5.79. The van der Waals surface area contributed by atoms with Crippen LogP contribution in [0.5, 0.6) is 17.2 Å². The molecule has 28 heavy (non-hydrogen) atoms. The van der Waals surface area contributed by atoms with Crippen molar-refractivity contribution in [2.75, 3.05) is 21.3 Å². The van der Waals surface area contributed by atoms with E-state index in [4.69, 9.17) is 26.4 Å². The van der Waals surface area contributed by atoms with Gasteiger partial charge in [-0.05, 0) is 29.9 Å². The Morgan fingerprint density at radius 3 is 2.21 bits per heavy atom. The zero-order chi connectivity index (χ0) is 20.3. The van der Waals surface area contributed by atoms with Crippen LogP contribution in [0.3, 0.4) is 0 Å². The first-order valence-corrected chi connectivity index (χ1v) is 8.67. The zero-order valence-electron chi connectivity index (χ0n) is 15.5. The molecule has 0 amide bonds. The van der Waals surface area contributed by atoms with E-state index in [1.54, 1.807) is 36.4 Å². The van der Waals surface area contributed by atoms with E-state index < -0.39 is 12.0 Å². The predicted molar refractivity (Wildman–Crippen MR) is 105 cm³/mol. The first-order valence-electron chi connectivity index (χ1n) is 8.26. The normalized spacial score (nSPS) is 11.7. The minimum atomic E-state index is -1.06. The molecule has 0 radical (unpaired) electrons.